The van der Waals surface area contributed by atoms with Crippen molar-refractivity contribution in [1.82, 2.24) is 0 Å². The predicted molar refractivity (Wildman–Crippen MR) is 52.7 cm³/mol. The van der Waals surface area contributed by atoms with Gasteiger partial charge in [0.2, 0.25) is 0 Å². The van der Waals surface area contributed by atoms with Crippen molar-refractivity contribution < 1.29 is 18.3 Å². The first-order valence-electron chi connectivity index (χ1n) is 4.68. The van der Waals surface area contributed by atoms with Gasteiger partial charge in [-0.2, -0.15) is 0 Å². The van der Waals surface area contributed by atoms with Gasteiger partial charge in [-0.05, 0) is 13.3 Å². The van der Waals surface area contributed by atoms with Crippen LogP contribution in [0.5, 0.6) is 0 Å². The highest BCUT2D eigenvalue weighted by Gasteiger charge is 2.36. The lowest BCUT2D eigenvalue weighted by Gasteiger charge is -2.16. The van der Waals surface area contributed by atoms with Crippen LogP contribution < -0.4 is 5.73 Å². The molecule has 1 aliphatic rings. The number of sulfone groups is 1. The highest BCUT2D eigenvalue weighted by molar-refractivity contribution is 7.92. The van der Waals surface area contributed by atoms with E-state index >= 15 is 0 Å². The second-order valence-electron chi connectivity index (χ2n) is 3.62. The van der Waals surface area contributed by atoms with E-state index in [1.54, 1.807) is 6.92 Å². The molecule has 0 aromatic rings. The summed E-state index contributed by atoms with van der Waals surface area (Å²) >= 11 is 0. The van der Waals surface area contributed by atoms with Crippen LogP contribution in [0.25, 0.3) is 0 Å². The minimum Gasteiger partial charge on any atom is -0.391 e. The normalized spacial score (nSPS) is 30.5. The van der Waals surface area contributed by atoms with E-state index in [2.05, 4.69) is 0 Å². The summed E-state index contributed by atoms with van der Waals surface area (Å²) in [5, 5.41) is 8.71. The minimum absolute atomic E-state index is 0.0266. The van der Waals surface area contributed by atoms with Gasteiger partial charge in [-0.25, -0.2) is 8.42 Å². The average Bonchev–Trinajstić information content (AvgIpc) is 2.51. The first kappa shape index (κ1) is 11.9. The molecule has 6 heteroatoms. The summed E-state index contributed by atoms with van der Waals surface area (Å²) in [5.74, 6) is -0.262. The number of hydrogen-bond donors (Lipinski definition) is 2. The summed E-state index contributed by atoms with van der Waals surface area (Å²) < 4.78 is 28.6. The van der Waals surface area contributed by atoms with Gasteiger partial charge in [-0.15, -0.1) is 0 Å². The van der Waals surface area contributed by atoms with Crippen molar-refractivity contribution in [1.29, 1.82) is 0 Å². The molecule has 14 heavy (non-hydrogen) atoms. The van der Waals surface area contributed by atoms with Crippen molar-refractivity contribution in [3.05, 3.63) is 0 Å². The van der Waals surface area contributed by atoms with Crippen LogP contribution >= 0.6 is 0 Å². The SMILES string of the molecule is CC1OCCC1S(=O)(=O)CC(O)CN. The van der Waals surface area contributed by atoms with E-state index < -0.39 is 21.2 Å². The van der Waals surface area contributed by atoms with Gasteiger partial charge in [0, 0.05) is 13.2 Å². The molecule has 0 radical (unpaired) electrons. The topological polar surface area (TPSA) is 89.6 Å². The number of aliphatic hydroxyl groups is 1. The maximum atomic E-state index is 11.7. The second-order valence-corrected chi connectivity index (χ2v) is 5.89. The third-order valence-electron chi connectivity index (χ3n) is 2.46. The van der Waals surface area contributed by atoms with Gasteiger partial charge in [0.1, 0.15) is 0 Å². The summed E-state index contributed by atoms with van der Waals surface area (Å²) in [6.45, 7) is 2.19. The van der Waals surface area contributed by atoms with Crippen LogP contribution in [-0.2, 0) is 14.6 Å². The second kappa shape index (κ2) is 4.57. The maximum Gasteiger partial charge on any atom is 0.158 e. The predicted octanol–water partition coefficient (Wildman–Crippen LogP) is -1.10. The van der Waals surface area contributed by atoms with E-state index in [0.717, 1.165) is 0 Å². The Hall–Kier alpha value is -0.170. The Bertz CT molecular complexity index is 277. The Morgan fingerprint density at radius 2 is 2.29 bits per heavy atom. The van der Waals surface area contributed by atoms with Crippen LogP contribution in [0.2, 0.25) is 0 Å². The molecule has 0 amide bonds. The van der Waals surface area contributed by atoms with Crippen molar-refractivity contribution in [2.45, 2.75) is 30.8 Å². The zero-order valence-corrected chi connectivity index (χ0v) is 9.03. The van der Waals surface area contributed by atoms with Crippen LogP contribution in [0.4, 0.5) is 0 Å². The average molecular weight is 223 g/mol. The van der Waals surface area contributed by atoms with Crippen molar-refractivity contribution >= 4 is 9.84 Å². The largest absolute Gasteiger partial charge is 0.391 e. The monoisotopic (exact) mass is 223 g/mol. The van der Waals surface area contributed by atoms with E-state index in [1.807, 2.05) is 0 Å². The summed E-state index contributed by atoms with van der Waals surface area (Å²) in [6, 6.07) is 0. The van der Waals surface area contributed by atoms with Gasteiger partial charge in [-0.1, -0.05) is 0 Å². The molecular formula is C8H17NO4S. The van der Waals surface area contributed by atoms with Crippen LogP contribution in [0, 0.1) is 0 Å². The molecule has 1 heterocycles. The Morgan fingerprint density at radius 1 is 1.64 bits per heavy atom. The lowest BCUT2D eigenvalue weighted by Crippen LogP contribution is -2.37. The molecule has 0 saturated carbocycles. The molecule has 1 fully saturated rings. The molecule has 0 bridgehead atoms. The van der Waals surface area contributed by atoms with Gasteiger partial charge in [0.15, 0.2) is 9.84 Å². The molecular weight excluding hydrogens is 206 g/mol. The van der Waals surface area contributed by atoms with E-state index in [1.165, 1.54) is 0 Å². The van der Waals surface area contributed by atoms with Crippen LogP contribution in [0.1, 0.15) is 13.3 Å². The summed E-state index contributed by atoms with van der Waals surface area (Å²) in [6.07, 6.45) is -0.723. The Balaban J connectivity index is 2.65. The van der Waals surface area contributed by atoms with Crippen molar-refractivity contribution in [3.63, 3.8) is 0 Å². The lowest BCUT2D eigenvalue weighted by atomic mass is 10.3. The summed E-state index contributed by atoms with van der Waals surface area (Å²) in [4.78, 5) is 0. The molecule has 0 aromatic carbocycles. The summed E-state index contributed by atoms with van der Waals surface area (Å²) in [5.41, 5.74) is 5.17. The first-order chi connectivity index (χ1) is 6.47. The highest BCUT2D eigenvalue weighted by Crippen LogP contribution is 2.21. The smallest absolute Gasteiger partial charge is 0.158 e. The Morgan fingerprint density at radius 3 is 2.71 bits per heavy atom. The molecule has 84 valence electrons. The number of rotatable bonds is 4. The van der Waals surface area contributed by atoms with E-state index in [-0.39, 0.29) is 18.4 Å². The molecule has 1 saturated heterocycles. The first-order valence-corrected chi connectivity index (χ1v) is 6.40. The lowest BCUT2D eigenvalue weighted by molar-refractivity contribution is 0.126. The maximum absolute atomic E-state index is 11.7. The van der Waals surface area contributed by atoms with Gasteiger partial charge in [-0.3, -0.25) is 0 Å². The van der Waals surface area contributed by atoms with Crippen LogP contribution in [0.15, 0.2) is 0 Å². The summed E-state index contributed by atoms with van der Waals surface area (Å²) in [7, 11) is -3.28. The van der Waals surface area contributed by atoms with Crippen LogP contribution in [-0.4, -0.2) is 49.9 Å². The van der Waals surface area contributed by atoms with E-state index in [0.29, 0.717) is 13.0 Å². The fourth-order valence-corrected chi connectivity index (χ4v) is 3.68. The fourth-order valence-electron chi connectivity index (χ4n) is 1.64. The quantitative estimate of drug-likeness (QED) is 0.631. The molecule has 0 aliphatic carbocycles. The molecule has 5 nitrogen and oxygen atoms in total. The third-order valence-corrected chi connectivity index (χ3v) is 4.86. The van der Waals surface area contributed by atoms with Crippen LogP contribution in [0.3, 0.4) is 0 Å². The standard InChI is InChI=1S/C8H17NO4S/c1-6-8(2-3-13-6)14(11,12)5-7(10)4-9/h6-8,10H,2-5,9H2,1H3. The van der Waals surface area contributed by atoms with E-state index in [9.17, 15) is 13.5 Å². The molecule has 1 rings (SSSR count). The number of ether oxygens (including phenoxy) is 1. The molecule has 0 aromatic heterocycles. The highest BCUT2D eigenvalue weighted by atomic mass is 32.2. The van der Waals surface area contributed by atoms with Gasteiger partial charge in [0.05, 0.1) is 23.2 Å². The Kier molecular flexibility index (Phi) is 3.88. The number of hydrogen-bond acceptors (Lipinski definition) is 5. The number of nitrogens with two attached hydrogens (primary N) is 1. The molecule has 3 unspecified atom stereocenters. The van der Waals surface area contributed by atoms with Crippen molar-refractivity contribution in [3.8, 4) is 0 Å². The zero-order valence-electron chi connectivity index (χ0n) is 8.22. The van der Waals surface area contributed by atoms with Crippen molar-refractivity contribution in [2.24, 2.45) is 5.73 Å². The zero-order chi connectivity index (χ0) is 10.8. The fraction of sp³-hybridized carbons (Fsp3) is 1.00. The van der Waals surface area contributed by atoms with E-state index in [4.69, 9.17) is 10.5 Å². The molecule has 0 spiro atoms. The third kappa shape index (κ3) is 2.66. The number of aliphatic hydroxyl groups excluding tert-OH is 1. The molecule has 1 aliphatic heterocycles. The van der Waals surface area contributed by atoms with Gasteiger partial charge < -0.3 is 15.6 Å². The van der Waals surface area contributed by atoms with Gasteiger partial charge >= 0.3 is 0 Å². The van der Waals surface area contributed by atoms with Gasteiger partial charge in [0.25, 0.3) is 0 Å². The molecule has 3 N–H and O–H groups in total. The van der Waals surface area contributed by atoms with Crippen molar-refractivity contribution in [2.75, 3.05) is 18.9 Å². The minimum atomic E-state index is -3.28. The molecule has 3 atom stereocenters. The Labute approximate surface area is 84.2 Å².